The maximum atomic E-state index is 13.5. The van der Waals surface area contributed by atoms with Crippen LogP contribution in [0.2, 0.25) is 0 Å². The molecule has 4 aromatic rings. The standard InChI is InChI=1S/C24H18F3NP/c25-24(26,27)19-16-17-28-23(18-19)29(20-10-4-1-5-11-20,21-12-6-2-7-13-21)22-14-8-3-9-15-22/h1-18H/q+1. The molecule has 0 atom stereocenters. The van der Waals surface area contributed by atoms with Crippen LogP contribution in [0.1, 0.15) is 5.56 Å². The first-order chi connectivity index (χ1) is 14.0. The summed E-state index contributed by atoms with van der Waals surface area (Å²) in [6.45, 7) is 0. The minimum atomic E-state index is -4.43. The second-order valence-corrected chi connectivity index (χ2v) is 9.93. The van der Waals surface area contributed by atoms with E-state index in [0.29, 0.717) is 5.44 Å². The van der Waals surface area contributed by atoms with E-state index >= 15 is 0 Å². The molecule has 0 aliphatic heterocycles. The molecule has 0 fully saturated rings. The zero-order chi connectivity index (χ0) is 20.3. The molecule has 1 aromatic heterocycles. The van der Waals surface area contributed by atoms with Crippen LogP contribution in [-0.4, -0.2) is 4.98 Å². The first-order valence-electron chi connectivity index (χ1n) is 9.12. The largest absolute Gasteiger partial charge is 0.416 e. The van der Waals surface area contributed by atoms with E-state index in [2.05, 4.69) is 4.98 Å². The Morgan fingerprint density at radius 3 is 1.38 bits per heavy atom. The van der Waals surface area contributed by atoms with Gasteiger partial charge in [-0.05, 0) is 42.5 Å². The molecule has 3 aromatic carbocycles. The zero-order valence-electron chi connectivity index (χ0n) is 15.4. The van der Waals surface area contributed by atoms with Gasteiger partial charge in [0.25, 0.3) is 0 Å². The van der Waals surface area contributed by atoms with Crippen molar-refractivity contribution in [2.75, 3.05) is 0 Å². The highest BCUT2D eigenvalue weighted by molar-refractivity contribution is 8.01. The number of pyridine rings is 1. The van der Waals surface area contributed by atoms with E-state index in [4.69, 9.17) is 0 Å². The summed E-state index contributed by atoms with van der Waals surface area (Å²) in [5, 5.41) is 2.89. The van der Waals surface area contributed by atoms with Crippen molar-refractivity contribution in [2.24, 2.45) is 0 Å². The highest BCUT2D eigenvalue weighted by atomic mass is 31.2. The Kier molecular flexibility index (Phi) is 5.21. The van der Waals surface area contributed by atoms with Gasteiger partial charge in [-0.3, -0.25) is 0 Å². The van der Waals surface area contributed by atoms with E-state index in [1.165, 1.54) is 12.3 Å². The van der Waals surface area contributed by atoms with E-state index in [1.54, 1.807) is 0 Å². The molecular formula is C24H18F3NP+. The van der Waals surface area contributed by atoms with Crippen molar-refractivity contribution in [3.63, 3.8) is 0 Å². The van der Waals surface area contributed by atoms with Crippen molar-refractivity contribution in [3.8, 4) is 0 Å². The van der Waals surface area contributed by atoms with Crippen molar-refractivity contribution in [1.82, 2.24) is 4.98 Å². The van der Waals surface area contributed by atoms with Crippen LogP contribution in [0.5, 0.6) is 0 Å². The number of alkyl halides is 3. The average Bonchev–Trinajstić information content (AvgIpc) is 2.76. The molecule has 4 rings (SSSR count). The third-order valence-electron chi connectivity index (χ3n) is 4.85. The maximum Gasteiger partial charge on any atom is 0.416 e. The van der Waals surface area contributed by atoms with E-state index in [-0.39, 0.29) is 0 Å². The molecule has 0 amide bonds. The van der Waals surface area contributed by atoms with Crippen molar-refractivity contribution < 1.29 is 13.2 Å². The van der Waals surface area contributed by atoms with E-state index in [1.807, 2.05) is 91.0 Å². The lowest BCUT2D eigenvalue weighted by molar-refractivity contribution is -0.137. The van der Waals surface area contributed by atoms with Crippen molar-refractivity contribution >= 4 is 28.6 Å². The highest BCUT2D eigenvalue weighted by Crippen LogP contribution is 2.53. The van der Waals surface area contributed by atoms with Gasteiger partial charge in [0.05, 0.1) is 5.56 Å². The molecular weight excluding hydrogens is 390 g/mol. The number of aromatic nitrogens is 1. The molecule has 1 heterocycles. The van der Waals surface area contributed by atoms with Gasteiger partial charge in [0.2, 0.25) is 0 Å². The molecule has 5 heteroatoms. The summed E-state index contributed by atoms with van der Waals surface area (Å²) in [6.07, 6.45) is -3.17. The predicted molar refractivity (Wildman–Crippen MR) is 114 cm³/mol. The molecule has 0 spiro atoms. The highest BCUT2D eigenvalue weighted by Gasteiger charge is 2.50. The Morgan fingerprint density at radius 1 is 0.586 bits per heavy atom. The number of halogens is 3. The average molecular weight is 408 g/mol. The van der Waals surface area contributed by atoms with Gasteiger partial charge in [0.15, 0.2) is 12.7 Å². The monoisotopic (exact) mass is 408 g/mol. The number of benzene rings is 3. The Balaban J connectivity index is 2.12. The number of hydrogen-bond donors (Lipinski definition) is 0. The Hall–Kier alpha value is -2.97. The molecule has 1 nitrogen and oxygen atoms in total. The third kappa shape index (κ3) is 3.56. The summed E-state index contributed by atoms with van der Waals surface area (Å²) in [7, 11) is -2.61. The maximum absolute atomic E-state index is 13.5. The lowest BCUT2D eigenvalue weighted by Gasteiger charge is -2.26. The van der Waals surface area contributed by atoms with Gasteiger partial charge >= 0.3 is 6.18 Å². The van der Waals surface area contributed by atoms with Gasteiger partial charge in [-0.25, -0.2) is 4.98 Å². The van der Waals surface area contributed by atoms with E-state index < -0.39 is 19.0 Å². The number of nitrogens with zero attached hydrogens (tertiary/aromatic N) is 1. The molecule has 0 saturated carbocycles. The number of rotatable bonds is 4. The SMILES string of the molecule is FC(F)(F)c1ccnc([P+](c2ccccc2)(c2ccccc2)c2ccccc2)c1. The lowest BCUT2D eigenvalue weighted by Crippen LogP contribution is -2.40. The minimum absolute atomic E-state index is 0.441. The topological polar surface area (TPSA) is 12.9 Å². The van der Waals surface area contributed by atoms with Gasteiger partial charge in [0, 0.05) is 12.3 Å². The van der Waals surface area contributed by atoms with Crippen molar-refractivity contribution in [1.29, 1.82) is 0 Å². The first-order valence-corrected chi connectivity index (χ1v) is 10.9. The summed E-state index contributed by atoms with van der Waals surface area (Å²) in [6, 6.07) is 31.4. The summed E-state index contributed by atoms with van der Waals surface area (Å²) in [5.74, 6) is 0. The fraction of sp³-hybridized carbons (Fsp3) is 0.0417. The molecule has 0 bridgehead atoms. The quantitative estimate of drug-likeness (QED) is 0.446. The second-order valence-electron chi connectivity index (χ2n) is 6.58. The fourth-order valence-electron chi connectivity index (χ4n) is 3.58. The van der Waals surface area contributed by atoms with Crippen LogP contribution in [0.3, 0.4) is 0 Å². The van der Waals surface area contributed by atoms with Gasteiger partial charge in [-0.1, -0.05) is 54.6 Å². The molecule has 0 radical (unpaired) electrons. The summed E-state index contributed by atoms with van der Waals surface area (Å²) in [4.78, 5) is 4.50. The van der Waals surface area contributed by atoms with Gasteiger partial charge < -0.3 is 0 Å². The molecule has 144 valence electrons. The Labute approximate surface area is 168 Å². The minimum Gasteiger partial charge on any atom is -0.221 e. The fourth-order valence-corrected chi connectivity index (χ4v) is 7.70. The van der Waals surface area contributed by atoms with Gasteiger partial charge in [0.1, 0.15) is 15.9 Å². The Bertz CT molecular complexity index is 984. The van der Waals surface area contributed by atoms with Crippen LogP contribution in [0, 0.1) is 0 Å². The normalized spacial score (nSPS) is 12.0. The van der Waals surface area contributed by atoms with Gasteiger partial charge in [-0.15, -0.1) is 0 Å². The van der Waals surface area contributed by atoms with Crippen molar-refractivity contribution in [2.45, 2.75) is 6.18 Å². The molecule has 0 aliphatic carbocycles. The molecule has 0 saturated heterocycles. The van der Waals surface area contributed by atoms with Crippen LogP contribution < -0.4 is 21.3 Å². The van der Waals surface area contributed by atoms with Crippen LogP contribution in [-0.2, 0) is 6.18 Å². The third-order valence-corrected chi connectivity index (χ3v) is 9.00. The van der Waals surface area contributed by atoms with Gasteiger partial charge in [-0.2, -0.15) is 13.2 Å². The number of hydrogen-bond acceptors (Lipinski definition) is 1. The summed E-state index contributed by atoms with van der Waals surface area (Å²) < 4.78 is 40.6. The van der Waals surface area contributed by atoms with E-state index in [9.17, 15) is 13.2 Å². The Morgan fingerprint density at radius 2 is 1.00 bits per heavy atom. The predicted octanol–water partition coefficient (Wildman–Crippen LogP) is 4.72. The van der Waals surface area contributed by atoms with Crippen LogP contribution >= 0.6 is 7.26 Å². The summed E-state index contributed by atoms with van der Waals surface area (Å²) in [5.41, 5.74) is -0.245. The molecule has 0 aliphatic rings. The lowest BCUT2D eigenvalue weighted by atomic mass is 10.3. The van der Waals surface area contributed by atoms with Crippen LogP contribution in [0.25, 0.3) is 0 Å². The smallest absolute Gasteiger partial charge is 0.221 e. The van der Waals surface area contributed by atoms with Crippen LogP contribution in [0.4, 0.5) is 13.2 Å². The van der Waals surface area contributed by atoms with Crippen LogP contribution in [0.15, 0.2) is 109 Å². The van der Waals surface area contributed by atoms with E-state index in [0.717, 1.165) is 22.0 Å². The summed E-state index contributed by atoms with van der Waals surface area (Å²) >= 11 is 0. The molecule has 0 unspecified atom stereocenters. The molecule has 29 heavy (non-hydrogen) atoms. The molecule has 0 N–H and O–H groups in total. The second kappa shape index (κ2) is 7.81. The first kappa shape index (κ1) is 19.4. The zero-order valence-corrected chi connectivity index (χ0v) is 16.3. The van der Waals surface area contributed by atoms with Crippen molar-refractivity contribution in [3.05, 3.63) is 115 Å².